The van der Waals surface area contributed by atoms with Gasteiger partial charge < -0.3 is 5.73 Å². The van der Waals surface area contributed by atoms with Crippen molar-refractivity contribution in [1.82, 2.24) is 9.97 Å². The van der Waals surface area contributed by atoms with E-state index in [0.717, 1.165) is 0 Å². The number of carbonyl (C=O) groups excluding carboxylic acids is 2. The van der Waals surface area contributed by atoms with E-state index in [1.807, 2.05) is 0 Å². The van der Waals surface area contributed by atoms with Crippen LogP contribution in [-0.2, 0) is 9.59 Å². The zero-order valence-corrected chi connectivity index (χ0v) is 10.8. The Morgan fingerprint density at radius 2 is 2.44 bits per heavy atom. The first kappa shape index (κ1) is 12.8. The number of nitrogens with two attached hydrogens (primary N) is 1. The molecule has 1 saturated heterocycles. The molecule has 2 rings (SSSR count). The largest absolute Gasteiger partial charge is 0.384 e. The van der Waals surface area contributed by atoms with Gasteiger partial charge in [0.15, 0.2) is 5.12 Å². The molecule has 1 atom stereocenters. The highest BCUT2D eigenvalue weighted by Gasteiger charge is 2.32. The lowest BCUT2D eigenvalue weighted by Crippen LogP contribution is -2.27. The van der Waals surface area contributed by atoms with Crippen molar-refractivity contribution in [3.63, 3.8) is 0 Å². The molecule has 0 bridgehead atoms. The van der Waals surface area contributed by atoms with E-state index in [-0.39, 0.29) is 16.9 Å². The lowest BCUT2D eigenvalue weighted by atomic mass is 10.1. The molecule has 0 aromatic carbocycles. The van der Waals surface area contributed by atoms with E-state index in [2.05, 4.69) is 9.97 Å². The Morgan fingerprint density at radius 1 is 1.67 bits per heavy atom. The minimum absolute atomic E-state index is 0.0187. The SMILES string of the molecule is CC(=O)SCC1CC(=O)N(c2nccc(N)n2)C1. The van der Waals surface area contributed by atoms with Gasteiger partial charge in [0.05, 0.1) is 0 Å². The third-order valence-electron chi connectivity index (χ3n) is 2.63. The van der Waals surface area contributed by atoms with Gasteiger partial charge in [-0.1, -0.05) is 11.8 Å². The highest BCUT2D eigenvalue weighted by molar-refractivity contribution is 8.13. The minimum atomic E-state index is -0.0187. The molecule has 2 heterocycles. The molecule has 96 valence electrons. The van der Waals surface area contributed by atoms with Gasteiger partial charge in [0.1, 0.15) is 5.82 Å². The standard InChI is InChI=1S/C11H14N4O2S/c1-7(16)18-6-8-4-10(17)15(5-8)11-13-3-2-9(12)14-11/h2-3,8H,4-6H2,1H3,(H2,12,13,14). The van der Waals surface area contributed by atoms with E-state index in [9.17, 15) is 9.59 Å². The second kappa shape index (κ2) is 5.34. The lowest BCUT2D eigenvalue weighted by Gasteiger charge is -2.14. The monoisotopic (exact) mass is 266 g/mol. The van der Waals surface area contributed by atoms with Crippen molar-refractivity contribution in [3.8, 4) is 0 Å². The van der Waals surface area contributed by atoms with Crippen LogP contribution < -0.4 is 10.6 Å². The summed E-state index contributed by atoms with van der Waals surface area (Å²) in [7, 11) is 0. The smallest absolute Gasteiger partial charge is 0.234 e. The van der Waals surface area contributed by atoms with Crippen LogP contribution in [0.3, 0.4) is 0 Å². The molecule has 0 saturated carbocycles. The first-order chi connectivity index (χ1) is 8.56. The number of nitrogens with zero attached hydrogens (tertiary/aromatic N) is 3. The predicted molar refractivity (Wildman–Crippen MR) is 70.0 cm³/mol. The summed E-state index contributed by atoms with van der Waals surface area (Å²) in [5.74, 6) is 1.48. The number of amides is 1. The molecule has 2 N–H and O–H groups in total. The van der Waals surface area contributed by atoms with Gasteiger partial charge in [0.2, 0.25) is 11.9 Å². The molecule has 1 unspecified atom stereocenters. The van der Waals surface area contributed by atoms with E-state index in [0.29, 0.717) is 30.5 Å². The number of rotatable bonds is 3. The van der Waals surface area contributed by atoms with E-state index < -0.39 is 0 Å². The molecule has 18 heavy (non-hydrogen) atoms. The summed E-state index contributed by atoms with van der Waals surface area (Å²) >= 11 is 1.25. The number of hydrogen-bond donors (Lipinski definition) is 1. The quantitative estimate of drug-likeness (QED) is 0.866. The van der Waals surface area contributed by atoms with Crippen molar-refractivity contribution >= 4 is 34.6 Å². The van der Waals surface area contributed by atoms with Crippen LogP contribution >= 0.6 is 11.8 Å². The van der Waals surface area contributed by atoms with E-state index in [4.69, 9.17) is 5.73 Å². The van der Waals surface area contributed by atoms with Crippen LogP contribution in [0.4, 0.5) is 11.8 Å². The molecule has 6 nitrogen and oxygen atoms in total. The van der Waals surface area contributed by atoms with Gasteiger partial charge in [0, 0.05) is 31.8 Å². The number of thioether (sulfide) groups is 1. The summed E-state index contributed by atoms with van der Waals surface area (Å²) < 4.78 is 0. The van der Waals surface area contributed by atoms with Crippen molar-refractivity contribution in [3.05, 3.63) is 12.3 Å². The molecule has 1 aromatic rings. The van der Waals surface area contributed by atoms with E-state index >= 15 is 0 Å². The maximum absolute atomic E-state index is 11.9. The third kappa shape index (κ3) is 2.98. The average molecular weight is 266 g/mol. The minimum Gasteiger partial charge on any atom is -0.384 e. The number of aromatic nitrogens is 2. The van der Waals surface area contributed by atoms with Gasteiger partial charge in [-0.2, -0.15) is 4.98 Å². The maximum atomic E-state index is 11.9. The third-order valence-corrected chi connectivity index (χ3v) is 3.68. The Hall–Kier alpha value is -1.63. The van der Waals surface area contributed by atoms with E-state index in [1.54, 1.807) is 6.07 Å². The van der Waals surface area contributed by atoms with Crippen LogP contribution in [0.15, 0.2) is 12.3 Å². The molecule has 1 aliphatic heterocycles. The fourth-order valence-electron chi connectivity index (χ4n) is 1.81. The van der Waals surface area contributed by atoms with Crippen molar-refractivity contribution < 1.29 is 9.59 Å². The zero-order valence-electron chi connectivity index (χ0n) is 10.00. The van der Waals surface area contributed by atoms with Gasteiger partial charge in [-0.05, 0) is 12.0 Å². The summed E-state index contributed by atoms with van der Waals surface area (Å²) in [4.78, 5) is 32.4. The van der Waals surface area contributed by atoms with Crippen molar-refractivity contribution in [1.29, 1.82) is 0 Å². The zero-order chi connectivity index (χ0) is 13.1. The van der Waals surface area contributed by atoms with Crippen LogP contribution in [-0.4, -0.2) is 33.3 Å². The number of hydrogen-bond acceptors (Lipinski definition) is 6. The number of nitrogen functional groups attached to an aromatic ring is 1. The van der Waals surface area contributed by atoms with Gasteiger partial charge in [0.25, 0.3) is 0 Å². The molecule has 1 aliphatic rings. The molecular weight excluding hydrogens is 252 g/mol. The summed E-state index contributed by atoms with van der Waals surface area (Å²) in [5.41, 5.74) is 5.57. The van der Waals surface area contributed by atoms with Gasteiger partial charge in [-0.3, -0.25) is 14.5 Å². The van der Waals surface area contributed by atoms with Crippen LogP contribution in [0, 0.1) is 5.92 Å². The molecule has 0 spiro atoms. The molecule has 0 radical (unpaired) electrons. The first-order valence-electron chi connectivity index (χ1n) is 5.58. The number of carbonyl (C=O) groups is 2. The van der Waals surface area contributed by atoms with Gasteiger partial charge in [-0.25, -0.2) is 4.98 Å². The first-order valence-corrected chi connectivity index (χ1v) is 6.57. The van der Waals surface area contributed by atoms with Gasteiger partial charge >= 0.3 is 0 Å². The summed E-state index contributed by atoms with van der Waals surface area (Å²) in [6, 6.07) is 1.58. The topological polar surface area (TPSA) is 89.2 Å². The van der Waals surface area contributed by atoms with Crippen LogP contribution in [0.25, 0.3) is 0 Å². The van der Waals surface area contributed by atoms with Crippen LogP contribution in [0.1, 0.15) is 13.3 Å². The lowest BCUT2D eigenvalue weighted by molar-refractivity contribution is -0.117. The fraction of sp³-hybridized carbons (Fsp3) is 0.455. The van der Waals surface area contributed by atoms with Crippen molar-refractivity contribution in [2.24, 2.45) is 5.92 Å². The summed E-state index contributed by atoms with van der Waals surface area (Å²) in [6.07, 6.45) is 1.96. The summed E-state index contributed by atoms with van der Waals surface area (Å²) in [6.45, 7) is 2.07. The second-order valence-corrected chi connectivity index (χ2v) is 5.36. The number of anilines is 2. The Kier molecular flexibility index (Phi) is 3.81. The Balaban J connectivity index is 2.03. The highest BCUT2D eigenvalue weighted by Crippen LogP contribution is 2.25. The summed E-state index contributed by atoms with van der Waals surface area (Å²) in [5, 5.41) is 0.0705. The molecular formula is C11H14N4O2S. The predicted octanol–water partition coefficient (Wildman–Crippen LogP) is 0.691. The van der Waals surface area contributed by atoms with E-state index in [1.165, 1.54) is 29.8 Å². The average Bonchev–Trinajstić information content (AvgIpc) is 2.68. The van der Waals surface area contributed by atoms with Crippen molar-refractivity contribution in [2.75, 3.05) is 22.9 Å². The fourth-order valence-corrected chi connectivity index (χ4v) is 2.51. The second-order valence-electron chi connectivity index (χ2n) is 4.16. The maximum Gasteiger partial charge on any atom is 0.234 e. The normalized spacial score (nSPS) is 19.3. The van der Waals surface area contributed by atoms with Crippen molar-refractivity contribution in [2.45, 2.75) is 13.3 Å². The Labute approximate surface area is 109 Å². The van der Waals surface area contributed by atoms with Gasteiger partial charge in [-0.15, -0.1) is 0 Å². The highest BCUT2D eigenvalue weighted by atomic mass is 32.2. The van der Waals surface area contributed by atoms with Crippen LogP contribution in [0.5, 0.6) is 0 Å². The molecule has 1 aromatic heterocycles. The molecule has 1 amide bonds. The Bertz CT molecular complexity index is 480. The Morgan fingerprint density at radius 3 is 3.11 bits per heavy atom. The molecule has 7 heteroatoms. The molecule has 0 aliphatic carbocycles. The molecule has 1 fully saturated rings. The van der Waals surface area contributed by atoms with Crippen LogP contribution in [0.2, 0.25) is 0 Å².